The monoisotopic (exact) mass is 276 g/mol. The molecule has 2 rings (SSSR count). The zero-order valence-corrected chi connectivity index (χ0v) is 10.8. The smallest absolute Gasteiger partial charge is 0.330 e. The zero-order chi connectivity index (χ0) is 14.5. The standard InChI is InChI=1S/C14H16N2O4/c17-11-7-6-10(8-15-11)13(18)16-12(14(19)20)9-4-2-1-3-5-9/h1-5,10,12H,6-8H2,(H,15,17)(H,16,18)(H,19,20). The van der Waals surface area contributed by atoms with Gasteiger partial charge in [0.2, 0.25) is 11.8 Å². The van der Waals surface area contributed by atoms with Gasteiger partial charge in [-0.15, -0.1) is 0 Å². The SMILES string of the molecule is O=C1CCC(C(=O)NC(C(=O)O)c2ccccc2)CN1. The van der Waals surface area contributed by atoms with Crippen molar-refractivity contribution in [1.29, 1.82) is 0 Å². The van der Waals surface area contributed by atoms with Gasteiger partial charge >= 0.3 is 5.97 Å². The van der Waals surface area contributed by atoms with Gasteiger partial charge in [-0.25, -0.2) is 4.79 Å². The molecule has 1 heterocycles. The van der Waals surface area contributed by atoms with Gasteiger partial charge in [-0.3, -0.25) is 9.59 Å². The molecule has 0 aliphatic carbocycles. The Hall–Kier alpha value is -2.37. The average molecular weight is 276 g/mol. The van der Waals surface area contributed by atoms with Gasteiger partial charge in [0.05, 0.1) is 5.92 Å². The molecule has 1 aromatic carbocycles. The molecule has 0 bridgehead atoms. The fourth-order valence-corrected chi connectivity index (χ4v) is 2.15. The summed E-state index contributed by atoms with van der Waals surface area (Å²) in [5.41, 5.74) is 0.521. The van der Waals surface area contributed by atoms with E-state index in [2.05, 4.69) is 10.6 Å². The molecule has 3 N–H and O–H groups in total. The maximum Gasteiger partial charge on any atom is 0.330 e. The van der Waals surface area contributed by atoms with Gasteiger partial charge in [-0.1, -0.05) is 30.3 Å². The van der Waals surface area contributed by atoms with Crippen molar-refractivity contribution in [2.24, 2.45) is 5.92 Å². The predicted octanol–water partition coefficient (Wildman–Crippen LogP) is 0.455. The van der Waals surface area contributed by atoms with E-state index in [-0.39, 0.29) is 24.3 Å². The van der Waals surface area contributed by atoms with Crippen molar-refractivity contribution < 1.29 is 19.5 Å². The van der Waals surface area contributed by atoms with E-state index in [1.807, 2.05) is 0 Å². The number of benzene rings is 1. The Balaban J connectivity index is 2.03. The van der Waals surface area contributed by atoms with Crippen molar-refractivity contribution in [1.82, 2.24) is 10.6 Å². The van der Waals surface area contributed by atoms with Crippen molar-refractivity contribution in [2.45, 2.75) is 18.9 Å². The molecule has 1 aliphatic rings. The molecule has 1 aromatic rings. The molecule has 1 saturated heterocycles. The minimum atomic E-state index is -1.11. The molecule has 2 amide bonds. The maximum absolute atomic E-state index is 12.1. The van der Waals surface area contributed by atoms with E-state index in [0.717, 1.165) is 0 Å². The van der Waals surface area contributed by atoms with Gasteiger partial charge in [0.15, 0.2) is 6.04 Å². The van der Waals surface area contributed by atoms with Gasteiger partial charge in [-0.2, -0.15) is 0 Å². The highest BCUT2D eigenvalue weighted by atomic mass is 16.4. The lowest BCUT2D eigenvalue weighted by Crippen LogP contribution is -2.45. The molecule has 106 valence electrons. The van der Waals surface area contributed by atoms with Crippen molar-refractivity contribution in [3.63, 3.8) is 0 Å². The Morgan fingerprint density at radius 2 is 2.00 bits per heavy atom. The number of carboxylic acids is 1. The van der Waals surface area contributed by atoms with Crippen molar-refractivity contribution in [3.8, 4) is 0 Å². The zero-order valence-electron chi connectivity index (χ0n) is 10.8. The molecule has 0 aromatic heterocycles. The first-order valence-electron chi connectivity index (χ1n) is 6.42. The van der Waals surface area contributed by atoms with Crippen molar-refractivity contribution >= 4 is 17.8 Å². The van der Waals surface area contributed by atoms with E-state index in [1.54, 1.807) is 30.3 Å². The number of carbonyl (C=O) groups is 3. The highest BCUT2D eigenvalue weighted by Gasteiger charge is 2.28. The summed E-state index contributed by atoms with van der Waals surface area (Å²) in [7, 11) is 0. The molecule has 0 saturated carbocycles. The molecule has 6 nitrogen and oxygen atoms in total. The highest BCUT2D eigenvalue weighted by Crippen LogP contribution is 2.16. The van der Waals surface area contributed by atoms with Crippen LogP contribution in [-0.2, 0) is 14.4 Å². The van der Waals surface area contributed by atoms with Crippen molar-refractivity contribution in [2.75, 3.05) is 6.54 Å². The van der Waals surface area contributed by atoms with Crippen LogP contribution >= 0.6 is 0 Å². The van der Waals surface area contributed by atoms with Gasteiger partial charge in [0, 0.05) is 13.0 Å². The summed E-state index contributed by atoms with van der Waals surface area (Å²) in [4.78, 5) is 34.4. The van der Waals surface area contributed by atoms with Crippen LogP contribution in [0.2, 0.25) is 0 Å². The first-order valence-corrected chi connectivity index (χ1v) is 6.42. The van der Waals surface area contributed by atoms with Crippen LogP contribution in [0.4, 0.5) is 0 Å². The van der Waals surface area contributed by atoms with Gasteiger partial charge < -0.3 is 15.7 Å². The van der Waals surface area contributed by atoms with Crippen LogP contribution in [0, 0.1) is 5.92 Å². The van der Waals surface area contributed by atoms with E-state index in [0.29, 0.717) is 18.4 Å². The second-order valence-electron chi connectivity index (χ2n) is 4.73. The van der Waals surface area contributed by atoms with E-state index in [1.165, 1.54) is 0 Å². The quantitative estimate of drug-likeness (QED) is 0.744. The second kappa shape index (κ2) is 6.18. The number of rotatable bonds is 4. The molecule has 0 radical (unpaired) electrons. The number of nitrogens with one attached hydrogen (secondary N) is 2. The third kappa shape index (κ3) is 3.34. The fraction of sp³-hybridized carbons (Fsp3) is 0.357. The van der Waals surface area contributed by atoms with Crippen LogP contribution in [0.5, 0.6) is 0 Å². The fourth-order valence-electron chi connectivity index (χ4n) is 2.15. The molecule has 0 spiro atoms. The summed E-state index contributed by atoms with van der Waals surface area (Å²) >= 11 is 0. The molecule has 1 aliphatic heterocycles. The number of amides is 2. The lowest BCUT2D eigenvalue weighted by molar-refractivity contribution is -0.143. The summed E-state index contributed by atoms with van der Waals surface area (Å²) in [6.07, 6.45) is 0.736. The molecule has 2 unspecified atom stereocenters. The minimum absolute atomic E-state index is 0.0770. The Morgan fingerprint density at radius 3 is 2.55 bits per heavy atom. The average Bonchev–Trinajstić information content (AvgIpc) is 2.46. The number of aliphatic carboxylic acids is 1. The Morgan fingerprint density at radius 1 is 1.30 bits per heavy atom. The van der Waals surface area contributed by atoms with Crippen LogP contribution in [0.15, 0.2) is 30.3 Å². The van der Waals surface area contributed by atoms with Gasteiger partial charge in [-0.05, 0) is 12.0 Å². The molecular formula is C14H16N2O4. The molecule has 20 heavy (non-hydrogen) atoms. The lowest BCUT2D eigenvalue weighted by atomic mass is 9.97. The molecular weight excluding hydrogens is 260 g/mol. The first-order chi connectivity index (χ1) is 9.58. The Kier molecular flexibility index (Phi) is 4.34. The van der Waals surface area contributed by atoms with Gasteiger partial charge in [0.1, 0.15) is 0 Å². The maximum atomic E-state index is 12.1. The Bertz CT molecular complexity index is 505. The third-order valence-electron chi connectivity index (χ3n) is 3.30. The van der Waals surface area contributed by atoms with E-state index < -0.39 is 12.0 Å². The first kappa shape index (κ1) is 14.0. The predicted molar refractivity (Wildman–Crippen MR) is 70.7 cm³/mol. The number of hydrogen-bond donors (Lipinski definition) is 3. The van der Waals surface area contributed by atoms with Crippen LogP contribution < -0.4 is 10.6 Å². The van der Waals surface area contributed by atoms with Crippen molar-refractivity contribution in [3.05, 3.63) is 35.9 Å². The number of hydrogen-bond acceptors (Lipinski definition) is 3. The highest BCUT2D eigenvalue weighted by molar-refractivity contribution is 5.87. The van der Waals surface area contributed by atoms with E-state index in [9.17, 15) is 19.5 Å². The normalized spacial score (nSPS) is 19.8. The third-order valence-corrected chi connectivity index (χ3v) is 3.30. The molecule has 1 fully saturated rings. The second-order valence-corrected chi connectivity index (χ2v) is 4.73. The summed E-state index contributed by atoms with van der Waals surface area (Å²) in [5.74, 6) is -1.91. The summed E-state index contributed by atoms with van der Waals surface area (Å²) < 4.78 is 0. The number of carboxylic acid groups (broad SMARTS) is 1. The van der Waals surface area contributed by atoms with Crippen LogP contribution in [-0.4, -0.2) is 29.4 Å². The summed E-state index contributed by atoms with van der Waals surface area (Å²) in [6.45, 7) is 0.256. The summed E-state index contributed by atoms with van der Waals surface area (Å²) in [5, 5.41) is 14.4. The van der Waals surface area contributed by atoms with Crippen LogP contribution in [0.3, 0.4) is 0 Å². The Labute approximate surface area is 116 Å². The van der Waals surface area contributed by atoms with Crippen LogP contribution in [0.25, 0.3) is 0 Å². The molecule has 2 atom stereocenters. The minimum Gasteiger partial charge on any atom is -0.479 e. The summed E-state index contributed by atoms with van der Waals surface area (Å²) in [6, 6.07) is 7.46. The van der Waals surface area contributed by atoms with E-state index in [4.69, 9.17) is 0 Å². The lowest BCUT2D eigenvalue weighted by Gasteiger charge is -2.23. The largest absolute Gasteiger partial charge is 0.479 e. The molecule has 6 heteroatoms. The van der Waals surface area contributed by atoms with Gasteiger partial charge in [0.25, 0.3) is 0 Å². The van der Waals surface area contributed by atoms with E-state index >= 15 is 0 Å². The topological polar surface area (TPSA) is 95.5 Å². The van der Waals surface area contributed by atoms with Crippen LogP contribution in [0.1, 0.15) is 24.4 Å². The number of piperidine rings is 1. The number of carbonyl (C=O) groups excluding carboxylic acids is 2.